The van der Waals surface area contributed by atoms with E-state index in [1.165, 1.54) is 17.5 Å². The maximum atomic E-state index is 12.3. The van der Waals surface area contributed by atoms with E-state index in [2.05, 4.69) is 53.7 Å². The third-order valence-corrected chi connectivity index (χ3v) is 4.70. The predicted molar refractivity (Wildman–Crippen MR) is 124 cm³/mol. The Morgan fingerprint density at radius 1 is 1.07 bits per heavy atom. The first-order valence-corrected chi connectivity index (χ1v) is 10.0. The summed E-state index contributed by atoms with van der Waals surface area (Å²) in [7, 11) is 0. The van der Waals surface area contributed by atoms with Crippen molar-refractivity contribution in [3.63, 3.8) is 0 Å². The molecule has 0 bridgehead atoms. The van der Waals surface area contributed by atoms with Gasteiger partial charge in [0, 0.05) is 32.6 Å². The molecule has 2 N–H and O–H groups in total. The lowest BCUT2D eigenvalue weighted by atomic mass is 10.1. The van der Waals surface area contributed by atoms with Crippen molar-refractivity contribution in [2.75, 3.05) is 26.2 Å². The molecule has 0 aromatic heterocycles. The van der Waals surface area contributed by atoms with Crippen molar-refractivity contribution < 1.29 is 4.79 Å². The van der Waals surface area contributed by atoms with Crippen LogP contribution in [0.15, 0.2) is 29.3 Å². The van der Waals surface area contributed by atoms with E-state index >= 15 is 0 Å². The standard InChI is InChI=1S/C21H34N4O.HI/c1-3-4-13-22-21(24-17-19-10-8-18(2)9-11-19)23-14-12-20(26)25-15-6-5-7-16-25;/h8-11H,3-7,12-17H2,1-2H3,(H2,22,23,24);1H. The number of nitrogens with zero attached hydrogens (tertiary/aromatic N) is 2. The summed E-state index contributed by atoms with van der Waals surface area (Å²) in [6, 6.07) is 8.45. The van der Waals surface area contributed by atoms with Gasteiger partial charge in [-0.3, -0.25) is 4.79 Å². The van der Waals surface area contributed by atoms with Crippen LogP contribution < -0.4 is 10.6 Å². The van der Waals surface area contributed by atoms with E-state index in [-0.39, 0.29) is 29.9 Å². The van der Waals surface area contributed by atoms with Crippen LogP contribution in [0.3, 0.4) is 0 Å². The van der Waals surface area contributed by atoms with Gasteiger partial charge in [0.05, 0.1) is 6.54 Å². The summed E-state index contributed by atoms with van der Waals surface area (Å²) in [6.45, 7) is 8.27. The first kappa shape index (κ1) is 23.7. The van der Waals surface area contributed by atoms with Gasteiger partial charge in [-0.25, -0.2) is 4.99 Å². The molecular formula is C21H35IN4O. The lowest BCUT2D eigenvalue weighted by molar-refractivity contribution is -0.131. The van der Waals surface area contributed by atoms with Crippen molar-refractivity contribution in [1.29, 1.82) is 0 Å². The van der Waals surface area contributed by atoms with E-state index in [1.807, 2.05) is 4.90 Å². The first-order chi connectivity index (χ1) is 12.7. The van der Waals surface area contributed by atoms with Gasteiger partial charge in [0.1, 0.15) is 0 Å². The molecule has 1 amide bonds. The predicted octanol–water partition coefficient (Wildman–Crippen LogP) is 3.85. The maximum absolute atomic E-state index is 12.3. The van der Waals surface area contributed by atoms with Crippen molar-refractivity contribution in [3.8, 4) is 0 Å². The fraction of sp³-hybridized carbons (Fsp3) is 0.619. The molecule has 6 heteroatoms. The number of aliphatic imine (C=N–C) groups is 1. The number of aryl methyl sites for hydroxylation is 1. The van der Waals surface area contributed by atoms with Crippen molar-refractivity contribution in [2.24, 2.45) is 4.99 Å². The molecule has 1 aliphatic rings. The van der Waals surface area contributed by atoms with E-state index < -0.39 is 0 Å². The third-order valence-electron chi connectivity index (χ3n) is 4.70. The number of amides is 1. The molecular weight excluding hydrogens is 451 g/mol. The minimum Gasteiger partial charge on any atom is -0.356 e. The number of carbonyl (C=O) groups excluding carboxylic acids is 1. The summed E-state index contributed by atoms with van der Waals surface area (Å²) in [5.41, 5.74) is 2.45. The molecule has 0 unspecified atom stereocenters. The smallest absolute Gasteiger partial charge is 0.224 e. The van der Waals surface area contributed by atoms with Crippen LogP contribution in [-0.2, 0) is 11.3 Å². The van der Waals surface area contributed by atoms with Crippen molar-refractivity contribution in [3.05, 3.63) is 35.4 Å². The lowest BCUT2D eigenvalue weighted by Crippen LogP contribution is -2.41. The average Bonchev–Trinajstić information content (AvgIpc) is 2.67. The van der Waals surface area contributed by atoms with E-state index in [0.717, 1.165) is 51.3 Å². The Hall–Kier alpha value is -1.31. The van der Waals surface area contributed by atoms with Gasteiger partial charge in [0.2, 0.25) is 5.91 Å². The Morgan fingerprint density at radius 2 is 1.74 bits per heavy atom. The molecule has 0 aliphatic carbocycles. The molecule has 27 heavy (non-hydrogen) atoms. The van der Waals surface area contributed by atoms with Gasteiger partial charge in [-0.15, -0.1) is 24.0 Å². The van der Waals surface area contributed by atoms with Crippen LogP contribution in [-0.4, -0.2) is 42.9 Å². The Bertz CT molecular complexity index is 568. The van der Waals surface area contributed by atoms with E-state index in [9.17, 15) is 4.79 Å². The summed E-state index contributed by atoms with van der Waals surface area (Å²) in [6.07, 6.45) is 6.31. The van der Waals surface area contributed by atoms with Crippen molar-refractivity contribution >= 4 is 35.8 Å². The number of piperidine rings is 1. The molecule has 1 fully saturated rings. The topological polar surface area (TPSA) is 56.7 Å². The zero-order valence-corrected chi connectivity index (χ0v) is 19.1. The van der Waals surface area contributed by atoms with E-state index in [4.69, 9.17) is 0 Å². The number of hydrogen-bond donors (Lipinski definition) is 2. The van der Waals surface area contributed by atoms with Gasteiger partial charge in [0.25, 0.3) is 0 Å². The van der Waals surface area contributed by atoms with Gasteiger partial charge >= 0.3 is 0 Å². The number of rotatable bonds is 8. The van der Waals surface area contributed by atoms with Gasteiger partial charge in [-0.2, -0.15) is 0 Å². The van der Waals surface area contributed by atoms with E-state index in [0.29, 0.717) is 19.5 Å². The Kier molecular flexibility index (Phi) is 12.1. The molecule has 0 radical (unpaired) electrons. The lowest BCUT2D eigenvalue weighted by Gasteiger charge is -2.26. The number of halogens is 1. The minimum atomic E-state index is 0. The molecule has 5 nitrogen and oxygen atoms in total. The van der Waals surface area contributed by atoms with Crippen LogP contribution in [0.1, 0.15) is 56.6 Å². The number of benzene rings is 1. The number of nitrogens with one attached hydrogen (secondary N) is 2. The monoisotopic (exact) mass is 486 g/mol. The maximum Gasteiger partial charge on any atom is 0.224 e. The highest BCUT2D eigenvalue weighted by Gasteiger charge is 2.15. The van der Waals surface area contributed by atoms with Crippen LogP contribution in [0, 0.1) is 6.92 Å². The second-order valence-corrected chi connectivity index (χ2v) is 7.05. The molecule has 0 spiro atoms. The van der Waals surface area contributed by atoms with Crippen LogP contribution in [0.25, 0.3) is 0 Å². The number of guanidine groups is 1. The highest BCUT2D eigenvalue weighted by atomic mass is 127. The van der Waals surface area contributed by atoms with Crippen molar-refractivity contribution in [1.82, 2.24) is 15.5 Å². The number of hydrogen-bond acceptors (Lipinski definition) is 2. The SMILES string of the molecule is CCCCNC(=NCc1ccc(C)cc1)NCCC(=O)N1CCCCC1.I. The van der Waals surface area contributed by atoms with Crippen molar-refractivity contribution in [2.45, 2.75) is 58.9 Å². The van der Waals surface area contributed by atoms with Gasteiger partial charge < -0.3 is 15.5 Å². The molecule has 1 aromatic carbocycles. The molecule has 1 aliphatic heterocycles. The van der Waals surface area contributed by atoms with Gasteiger partial charge in [0.15, 0.2) is 5.96 Å². The summed E-state index contributed by atoms with van der Waals surface area (Å²) < 4.78 is 0. The van der Waals surface area contributed by atoms with Gasteiger partial charge in [-0.1, -0.05) is 43.2 Å². The third kappa shape index (κ3) is 9.44. The summed E-state index contributed by atoms with van der Waals surface area (Å²) in [4.78, 5) is 19.0. The van der Waals surface area contributed by atoms with Crippen LogP contribution in [0.2, 0.25) is 0 Å². The minimum absolute atomic E-state index is 0. The summed E-state index contributed by atoms with van der Waals surface area (Å²) >= 11 is 0. The number of likely N-dealkylation sites (tertiary alicyclic amines) is 1. The largest absolute Gasteiger partial charge is 0.356 e. The molecule has 0 atom stereocenters. The quantitative estimate of drug-likeness (QED) is 0.254. The fourth-order valence-corrected chi connectivity index (χ4v) is 3.01. The Labute approximate surface area is 181 Å². The number of carbonyl (C=O) groups is 1. The Balaban J connectivity index is 0.00000364. The summed E-state index contributed by atoms with van der Waals surface area (Å²) in [5.74, 6) is 1.05. The summed E-state index contributed by atoms with van der Waals surface area (Å²) in [5, 5.41) is 6.69. The molecule has 1 saturated heterocycles. The molecule has 1 heterocycles. The highest BCUT2D eigenvalue weighted by Crippen LogP contribution is 2.09. The number of unbranched alkanes of at least 4 members (excludes halogenated alkanes) is 1. The zero-order chi connectivity index (χ0) is 18.6. The van der Waals surface area contributed by atoms with Crippen LogP contribution in [0.4, 0.5) is 0 Å². The molecule has 152 valence electrons. The zero-order valence-electron chi connectivity index (χ0n) is 16.8. The first-order valence-electron chi connectivity index (χ1n) is 10.0. The average molecular weight is 486 g/mol. The van der Waals surface area contributed by atoms with E-state index in [1.54, 1.807) is 0 Å². The van der Waals surface area contributed by atoms with Crippen LogP contribution in [0.5, 0.6) is 0 Å². The second kappa shape index (κ2) is 13.8. The molecule has 2 rings (SSSR count). The Morgan fingerprint density at radius 3 is 2.41 bits per heavy atom. The van der Waals surface area contributed by atoms with Gasteiger partial charge in [-0.05, 0) is 38.2 Å². The second-order valence-electron chi connectivity index (χ2n) is 7.05. The molecule has 1 aromatic rings. The van der Waals surface area contributed by atoms with Crippen LogP contribution >= 0.6 is 24.0 Å². The molecule has 0 saturated carbocycles. The fourth-order valence-electron chi connectivity index (χ4n) is 3.01. The normalized spacial score (nSPS) is 14.4. The highest BCUT2D eigenvalue weighted by molar-refractivity contribution is 14.0.